The zero-order chi connectivity index (χ0) is 14.8. The maximum atomic E-state index is 13.2. The Hall–Kier alpha value is -1.94. The molecule has 110 valence electrons. The second-order valence-corrected chi connectivity index (χ2v) is 5.26. The molecule has 1 N–H and O–H groups in total. The number of aliphatic hydroxyl groups excluding tert-OH is 1. The van der Waals surface area contributed by atoms with Crippen molar-refractivity contribution < 1.29 is 18.6 Å². The summed E-state index contributed by atoms with van der Waals surface area (Å²) in [6, 6.07) is 9.37. The largest absolute Gasteiger partial charge is 0.493 e. The zero-order valence-corrected chi connectivity index (χ0v) is 11.5. The van der Waals surface area contributed by atoms with Gasteiger partial charge in [0.25, 0.3) is 0 Å². The third kappa shape index (κ3) is 2.90. The van der Waals surface area contributed by atoms with E-state index in [1.165, 1.54) is 6.07 Å². The monoisotopic (exact) mass is 290 g/mol. The van der Waals surface area contributed by atoms with Gasteiger partial charge >= 0.3 is 0 Å². The van der Waals surface area contributed by atoms with Crippen molar-refractivity contribution in [1.29, 1.82) is 0 Å². The van der Waals surface area contributed by atoms with Gasteiger partial charge < -0.3 is 9.84 Å². The predicted molar refractivity (Wildman–Crippen MR) is 75.3 cm³/mol. The van der Waals surface area contributed by atoms with Gasteiger partial charge in [-0.2, -0.15) is 0 Å². The number of ether oxygens (including phenoxy) is 1. The van der Waals surface area contributed by atoms with Gasteiger partial charge in [-0.3, -0.25) is 0 Å². The van der Waals surface area contributed by atoms with Crippen molar-refractivity contribution in [2.45, 2.75) is 25.4 Å². The lowest BCUT2D eigenvalue weighted by Crippen LogP contribution is -2.13. The third-order valence-corrected chi connectivity index (χ3v) is 3.74. The molecule has 2 aromatic carbocycles. The number of para-hydroxylation sites is 1. The fourth-order valence-electron chi connectivity index (χ4n) is 2.68. The molecular formula is C17H16F2O2. The number of halogens is 2. The van der Waals surface area contributed by atoms with Crippen LogP contribution in [-0.2, 0) is 12.8 Å². The first-order chi connectivity index (χ1) is 10.1. The zero-order valence-electron chi connectivity index (χ0n) is 11.5. The van der Waals surface area contributed by atoms with Gasteiger partial charge in [-0.1, -0.05) is 24.3 Å². The minimum absolute atomic E-state index is 0.219. The van der Waals surface area contributed by atoms with Crippen molar-refractivity contribution in [3.05, 3.63) is 64.7 Å². The molecule has 1 atom stereocenters. The highest BCUT2D eigenvalue weighted by atomic mass is 19.2. The molecule has 21 heavy (non-hydrogen) atoms. The molecule has 0 aromatic heterocycles. The molecule has 1 aliphatic heterocycles. The van der Waals surface area contributed by atoms with Crippen LogP contribution in [-0.4, -0.2) is 11.7 Å². The van der Waals surface area contributed by atoms with Crippen molar-refractivity contribution in [2.24, 2.45) is 0 Å². The average Bonchev–Trinajstić information content (AvgIpc) is 2.50. The molecule has 0 spiro atoms. The molecule has 0 radical (unpaired) electrons. The SMILES string of the molecule is OC(Cc1ccc(F)c(F)c1)c1cccc2c1OCCC2. The van der Waals surface area contributed by atoms with Crippen LogP contribution in [0.3, 0.4) is 0 Å². The van der Waals surface area contributed by atoms with Gasteiger partial charge in [-0.15, -0.1) is 0 Å². The number of hydrogen-bond acceptors (Lipinski definition) is 2. The quantitative estimate of drug-likeness (QED) is 0.936. The van der Waals surface area contributed by atoms with Crippen molar-refractivity contribution >= 4 is 0 Å². The Labute approximate surface area is 122 Å². The van der Waals surface area contributed by atoms with Crippen LogP contribution < -0.4 is 4.74 Å². The maximum absolute atomic E-state index is 13.2. The van der Waals surface area contributed by atoms with E-state index >= 15 is 0 Å². The topological polar surface area (TPSA) is 29.5 Å². The van der Waals surface area contributed by atoms with E-state index in [4.69, 9.17) is 4.74 Å². The molecule has 0 saturated carbocycles. The third-order valence-electron chi connectivity index (χ3n) is 3.74. The highest BCUT2D eigenvalue weighted by Gasteiger charge is 2.20. The van der Waals surface area contributed by atoms with Crippen LogP contribution in [0.15, 0.2) is 36.4 Å². The van der Waals surface area contributed by atoms with Crippen molar-refractivity contribution in [1.82, 2.24) is 0 Å². The van der Waals surface area contributed by atoms with E-state index in [9.17, 15) is 13.9 Å². The summed E-state index contributed by atoms with van der Waals surface area (Å²) in [5.41, 5.74) is 2.34. The summed E-state index contributed by atoms with van der Waals surface area (Å²) < 4.78 is 31.8. The summed E-state index contributed by atoms with van der Waals surface area (Å²) in [7, 11) is 0. The number of rotatable bonds is 3. The molecule has 0 bridgehead atoms. The lowest BCUT2D eigenvalue weighted by molar-refractivity contribution is 0.169. The highest BCUT2D eigenvalue weighted by Crippen LogP contribution is 2.34. The molecule has 0 saturated heterocycles. The number of fused-ring (bicyclic) bond motifs is 1. The summed E-state index contributed by atoms with van der Waals surface area (Å²) in [5, 5.41) is 10.4. The van der Waals surface area contributed by atoms with Gasteiger partial charge in [0.1, 0.15) is 5.75 Å². The maximum Gasteiger partial charge on any atom is 0.159 e. The van der Waals surface area contributed by atoms with Crippen molar-refractivity contribution in [3.63, 3.8) is 0 Å². The van der Waals surface area contributed by atoms with Gasteiger partial charge in [0, 0.05) is 12.0 Å². The van der Waals surface area contributed by atoms with Gasteiger partial charge in [0.05, 0.1) is 12.7 Å². The molecule has 0 fully saturated rings. The lowest BCUT2D eigenvalue weighted by Gasteiger charge is -2.22. The van der Waals surface area contributed by atoms with E-state index in [1.54, 1.807) is 0 Å². The molecule has 4 heteroatoms. The van der Waals surface area contributed by atoms with E-state index in [2.05, 4.69) is 0 Å². The molecular weight excluding hydrogens is 274 g/mol. The molecule has 0 aliphatic carbocycles. The number of benzene rings is 2. The fraction of sp³-hybridized carbons (Fsp3) is 0.294. The van der Waals surface area contributed by atoms with Crippen LogP contribution in [0.5, 0.6) is 5.75 Å². The Morgan fingerprint density at radius 1 is 1.14 bits per heavy atom. The normalized spacial score (nSPS) is 15.2. The summed E-state index contributed by atoms with van der Waals surface area (Å²) in [4.78, 5) is 0. The Balaban J connectivity index is 1.85. The van der Waals surface area contributed by atoms with Gasteiger partial charge in [0.2, 0.25) is 0 Å². The molecule has 1 aliphatic rings. The lowest BCUT2D eigenvalue weighted by atomic mass is 9.96. The number of aryl methyl sites for hydroxylation is 1. The Morgan fingerprint density at radius 2 is 2.00 bits per heavy atom. The van der Waals surface area contributed by atoms with E-state index in [-0.39, 0.29) is 6.42 Å². The number of hydrogen-bond donors (Lipinski definition) is 1. The van der Waals surface area contributed by atoms with Crippen molar-refractivity contribution in [3.8, 4) is 5.75 Å². The highest BCUT2D eigenvalue weighted by molar-refractivity contribution is 5.44. The van der Waals surface area contributed by atoms with Crippen LogP contribution in [0, 0.1) is 11.6 Å². The van der Waals surface area contributed by atoms with Gasteiger partial charge in [-0.25, -0.2) is 8.78 Å². The Morgan fingerprint density at radius 3 is 2.81 bits per heavy atom. The van der Waals surface area contributed by atoms with E-state index < -0.39 is 17.7 Å². The van der Waals surface area contributed by atoms with Crippen LogP contribution in [0.4, 0.5) is 8.78 Å². The minimum atomic E-state index is -0.897. The van der Waals surface area contributed by atoms with Crippen molar-refractivity contribution in [2.75, 3.05) is 6.61 Å². The standard InChI is InChI=1S/C17H16F2O2/c18-14-7-6-11(9-15(14)19)10-16(20)13-5-1-3-12-4-2-8-21-17(12)13/h1,3,5-7,9,16,20H,2,4,8,10H2. The van der Waals surface area contributed by atoms with E-state index in [0.717, 1.165) is 36.3 Å². The molecule has 1 unspecified atom stereocenters. The van der Waals surface area contributed by atoms with E-state index in [0.29, 0.717) is 17.7 Å². The first-order valence-electron chi connectivity index (χ1n) is 7.02. The molecule has 2 aromatic rings. The molecule has 3 rings (SSSR count). The van der Waals surface area contributed by atoms with Crippen LogP contribution in [0.1, 0.15) is 29.2 Å². The summed E-state index contributed by atoms with van der Waals surface area (Å²) >= 11 is 0. The Kier molecular flexibility index (Phi) is 3.88. The molecule has 2 nitrogen and oxygen atoms in total. The molecule has 0 amide bonds. The first kappa shape index (κ1) is 14.0. The second-order valence-electron chi connectivity index (χ2n) is 5.26. The smallest absolute Gasteiger partial charge is 0.159 e. The second kappa shape index (κ2) is 5.82. The summed E-state index contributed by atoms with van der Waals surface area (Å²) in [6.45, 7) is 0.641. The number of aliphatic hydroxyl groups is 1. The first-order valence-corrected chi connectivity index (χ1v) is 7.02. The van der Waals surface area contributed by atoms with E-state index in [1.807, 2.05) is 18.2 Å². The predicted octanol–water partition coefficient (Wildman–Crippen LogP) is 3.57. The molecule has 1 heterocycles. The summed E-state index contributed by atoms with van der Waals surface area (Å²) in [5.74, 6) is -1.04. The van der Waals surface area contributed by atoms with Crippen LogP contribution >= 0.6 is 0 Å². The Bertz CT molecular complexity index is 655. The average molecular weight is 290 g/mol. The van der Waals surface area contributed by atoms with Crippen LogP contribution in [0.25, 0.3) is 0 Å². The fourth-order valence-corrected chi connectivity index (χ4v) is 2.68. The van der Waals surface area contributed by atoms with Gasteiger partial charge in [-0.05, 0) is 36.1 Å². The minimum Gasteiger partial charge on any atom is -0.493 e. The van der Waals surface area contributed by atoms with Crippen LogP contribution in [0.2, 0.25) is 0 Å². The van der Waals surface area contributed by atoms with Gasteiger partial charge in [0.15, 0.2) is 11.6 Å². The summed E-state index contributed by atoms with van der Waals surface area (Å²) in [6.07, 6.45) is 1.32.